The van der Waals surface area contributed by atoms with Crippen molar-refractivity contribution in [1.82, 2.24) is 0 Å². The molecule has 0 spiro atoms. The quantitative estimate of drug-likeness (QED) is 0.190. The molecule has 0 aliphatic heterocycles. The summed E-state index contributed by atoms with van der Waals surface area (Å²) in [5.41, 5.74) is 3.21. The van der Waals surface area contributed by atoms with Gasteiger partial charge in [-0.1, -0.05) is 97.6 Å². The Kier molecular flexibility index (Phi) is 13.7. The zero-order valence-electron chi connectivity index (χ0n) is 19.0. The second kappa shape index (κ2) is 16.2. The summed E-state index contributed by atoms with van der Waals surface area (Å²) in [7, 11) is 0. The molecule has 5 heteroatoms. The smallest absolute Gasteiger partial charge is 0.422 e. The van der Waals surface area contributed by atoms with Crippen molar-refractivity contribution < 1.29 is 50.4 Å². The molecule has 172 valence electrons. The van der Waals surface area contributed by atoms with Crippen LogP contribution in [0.15, 0.2) is 91.0 Å². The van der Waals surface area contributed by atoms with E-state index >= 15 is 0 Å². The summed E-state index contributed by atoms with van der Waals surface area (Å²) in [6, 6.07) is 29.9. The van der Waals surface area contributed by atoms with Crippen molar-refractivity contribution in [1.29, 1.82) is 0 Å². The SMILES string of the molecule is C[CH-]C(OCc1ccccc1)C(OCc1ccccc1)[C@@H](O)[CH-]COCc1ccccc1.[U+2]. The van der Waals surface area contributed by atoms with Gasteiger partial charge in [-0.25, -0.2) is 0 Å². The zero-order chi connectivity index (χ0) is 22.4. The van der Waals surface area contributed by atoms with E-state index in [9.17, 15) is 5.11 Å². The van der Waals surface area contributed by atoms with E-state index in [0.717, 1.165) is 16.7 Å². The molecule has 0 aliphatic rings. The Morgan fingerprint density at radius 3 is 1.64 bits per heavy atom. The van der Waals surface area contributed by atoms with Crippen molar-refractivity contribution in [2.75, 3.05) is 6.61 Å². The van der Waals surface area contributed by atoms with E-state index in [1.165, 1.54) is 0 Å². The average molecular weight is 671 g/mol. The molecule has 0 amide bonds. The van der Waals surface area contributed by atoms with Crippen LogP contribution in [0.4, 0.5) is 0 Å². The summed E-state index contributed by atoms with van der Waals surface area (Å²) < 4.78 is 18.0. The summed E-state index contributed by atoms with van der Waals surface area (Å²) in [5.74, 6) is 0. The molecular weight excluding hydrogens is 638 g/mol. The minimum absolute atomic E-state index is 0. The van der Waals surface area contributed by atoms with Gasteiger partial charge < -0.3 is 25.7 Å². The maximum atomic E-state index is 10.9. The molecule has 0 aliphatic carbocycles. The second-order valence-corrected chi connectivity index (χ2v) is 7.58. The molecule has 0 radical (unpaired) electrons. The molecule has 33 heavy (non-hydrogen) atoms. The number of ether oxygens (including phenoxy) is 3. The van der Waals surface area contributed by atoms with Crippen LogP contribution in [0.3, 0.4) is 0 Å². The first-order valence-electron chi connectivity index (χ1n) is 11.0. The van der Waals surface area contributed by atoms with Crippen molar-refractivity contribution in [2.45, 2.75) is 45.1 Å². The van der Waals surface area contributed by atoms with Crippen LogP contribution in [-0.4, -0.2) is 30.0 Å². The Morgan fingerprint density at radius 1 is 0.697 bits per heavy atom. The van der Waals surface area contributed by atoms with Gasteiger partial charge in [0, 0.05) is 0 Å². The third-order valence-electron chi connectivity index (χ3n) is 5.13. The van der Waals surface area contributed by atoms with Gasteiger partial charge in [0.05, 0.1) is 25.9 Å². The van der Waals surface area contributed by atoms with Crippen molar-refractivity contribution in [2.24, 2.45) is 0 Å². The van der Waals surface area contributed by atoms with Gasteiger partial charge in [-0.2, -0.15) is 6.92 Å². The summed E-state index contributed by atoms with van der Waals surface area (Å²) in [5, 5.41) is 10.9. The summed E-state index contributed by atoms with van der Waals surface area (Å²) in [6.07, 6.45) is 1.90. The molecule has 0 saturated carbocycles. The first-order chi connectivity index (χ1) is 15.8. The predicted octanol–water partition coefficient (Wildman–Crippen LogP) is 5.16. The van der Waals surface area contributed by atoms with Gasteiger partial charge in [-0.15, -0.1) is 0 Å². The topological polar surface area (TPSA) is 47.9 Å². The number of benzene rings is 3. The van der Waals surface area contributed by atoms with Gasteiger partial charge in [-0.3, -0.25) is 6.42 Å². The summed E-state index contributed by atoms with van der Waals surface area (Å²) >= 11 is 0. The molecule has 3 aromatic rings. The fourth-order valence-electron chi connectivity index (χ4n) is 3.35. The van der Waals surface area contributed by atoms with Gasteiger partial charge in [0.25, 0.3) is 0 Å². The minimum atomic E-state index is -0.841. The predicted molar refractivity (Wildman–Crippen MR) is 126 cm³/mol. The van der Waals surface area contributed by atoms with Gasteiger partial charge in [0.1, 0.15) is 0 Å². The van der Waals surface area contributed by atoms with E-state index in [2.05, 4.69) is 0 Å². The third-order valence-corrected chi connectivity index (χ3v) is 5.13. The summed E-state index contributed by atoms with van der Waals surface area (Å²) in [6.45, 7) is 3.57. The standard InChI is InChI=1S/C28H32O4.U/c1-2-27(31-21-24-14-8-4-9-15-24)28(32-22-25-16-10-5-11-17-25)26(29)18-19-30-20-23-12-6-3-7-13-23;/h2-18,26-29H,19-22H2,1H3;/q-2;+2/t26-,27?,28?;/m0./s1. The maximum Gasteiger partial charge on any atom is 2.00 e. The molecular formula is C28H32O4U. The minimum Gasteiger partial charge on any atom is -0.422 e. The van der Waals surface area contributed by atoms with Crippen molar-refractivity contribution in [3.05, 3.63) is 121 Å². The number of hydrogen-bond acceptors (Lipinski definition) is 4. The van der Waals surface area contributed by atoms with E-state index in [-0.39, 0.29) is 37.2 Å². The van der Waals surface area contributed by atoms with E-state index < -0.39 is 12.2 Å². The molecule has 3 rings (SSSR count). The Morgan fingerprint density at radius 2 is 1.15 bits per heavy atom. The number of aliphatic hydroxyl groups is 1. The fourth-order valence-corrected chi connectivity index (χ4v) is 3.35. The molecule has 0 heterocycles. The van der Waals surface area contributed by atoms with Gasteiger partial charge >= 0.3 is 31.1 Å². The number of rotatable bonds is 14. The van der Waals surface area contributed by atoms with E-state index in [1.54, 1.807) is 6.42 Å². The molecule has 0 fully saturated rings. The Bertz CT molecular complexity index is 861. The van der Waals surface area contributed by atoms with Crippen LogP contribution in [0, 0.1) is 44.0 Å². The van der Waals surface area contributed by atoms with Crippen LogP contribution >= 0.6 is 0 Å². The Labute approximate surface area is 221 Å². The molecule has 2 unspecified atom stereocenters. The van der Waals surface area contributed by atoms with E-state index in [0.29, 0.717) is 26.4 Å². The first-order valence-corrected chi connectivity index (χ1v) is 11.0. The van der Waals surface area contributed by atoms with Gasteiger partial charge in [0.2, 0.25) is 0 Å². The van der Waals surface area contributed by atoms with E-state index in [1.807, 2.05) is 104 Å². The largest absolute Gasteiger partial charge is 2.00 e. The van der Waals surface area contributed by atoms with Crippen molar-refractivity contribution in [3.63, 3.8) is 0 Å². The number of aliphatic hydroxyl groups excluding tert-OH is 1. The molecule has 1 N–H and O–H groups in total. The number of hydrogen-bond donors (Lipinski definition) is 1. The van der Waals surface area contributed by atoms with Crippen molar-refractivity contribution in [3.8, 4) is 0 Å². The monoisotopic (exact) mass is 670 g/mol. The van der Waals surface area contributed by atoms with Gasteiger partial charge in [0.15, 0.2) is 0 Å². The average Bonchev–Trinajstić information content (AvgIpc) is 2.85. The van der Waals surface area contributed by atoms with E-state index in [4.69, 9.17) is 14.2 Å². The molecule has 0 bridgehead atoms. The van der Waals surface area contributed by atoms with Gasteiger partial charge in [-0.05, 0) is 28.9 Å². The second-order valence-electron chi connectivity index (χ2n) is 7.58. The normalized spacial score (nSPS) is 13.6. The summed E-state index contributed by atoms with van der Waals surface area (Å²) in [4.78, 5) is 0. The molecule has 3 aromatic carbocycles. The van der Waals surface area contributed by atoms with Crippen LogP contribution in [0.25, 0.3) is 0 Å². The molecule has 4 nitrogen and oxygen atoms in total. The molecule has 0 saturated heterocycles. The molecule has 0 aromatic heterocycles. The first kappa shape index (κ1) is 27.8. The van der Waals surface area contributed by atoms with Crippen LogP contribution in [-0.2, 0) is 34.0 Å². The Hall–Kier alpha value is -1.45. The fraction of sp³-hybridized carbons (Fsp3) is 0.286. The maximum absolute atomic E-state index is 10.9. The third kappa shape index (κ3) is 10.1. The molecule has 3 atom stereocenters. The van der Waals surface area contributed by atoms with Crippen molar-refractivity contribution >= 4 is 0 Å². The van der Waals surface area contributed by atoms with Crippen LogP contribution in [0.1, 0.15) is 23.6 Å². The van der Waals surface area contributed by atoms with Crippen LogP contribution < -0.4 is 0 Å². The van der Waals surface area contributed by atoms with Crippen LogP contribution in [0.2, 0.25) is 0 Å². The Balaban J connectivity index is 0.00000385. The van der Waals surface area contributed by atoms with Crippen LogP contribution in [0.5, 0.6) is 0 Å². The zero-order valence-corrected chi connectivity index (χ0v) is 23.2.